The first-order chi connectivity index (χ1) is 6.97. The SMILES string of the molecule is CC(C)(C)c1nc(Br)ccc1OC1CC1. The summed E-state index contributed by atoms with van der Waals surface area (Å²) in [4.78, 5) is 4.52. The first-order valence-electron chi connectivity index (χ1n) is 5.30. The molecule has 0 amide bonds. The van der Waals surface area contributed by atoms with E-state index in [1.807, 2.05) is 12.1 Å². The van der Waals surface area contributed by atoms with Crippen LogP contribution in [0.15, 0.2) is 16.7 Å². The number of hydrogen-bond donors (Lipinski definition) is 0. The van der Waals surface area contributed by atoms with Crippen molar-refractivity contribution >= 4 is 15.9 Å². The molecule has 1 heterocycles. The van der Waals surface area contributed by atoms with E-state index in [0.717, 1.165) is 16.0 Å². The largest absolute Gasteiger partial charge is 0.488 e. The molecule has 1 aromatic heterocycles. The third-order valence-electron chi connectivity index (χ3n) is 2.35. The molecule has 0 aliphatic heterocycles. The molecule has 0 unspecified atom stereocenters. The third-order valence-corrected chi connectivity index (χ3v) is 2.79. The Labute approximate surface area is 99.2 Å². The van der Waals surface area contributed by atoms with Crippen molar-refractivity contribution < 1.29 is 4.74 Å². The maximum absolute atomic E-state index is 5.85. The van der Waals surface area contributed by atoms with E-state index in [-0.39, 0.29) is 5.41 Å². The van der Waals surface area contributed by atoms with Gasteiger partial charge in [0.2, 0.25) is 0 Å². The number of rotatable bonds is 2. The Hall–Kier alpha value is -0.570. The highest BCUT2D eigenvalue weighted by atomic mass is 79.9. The highest BCUT2D eigenvalue weighted by molar-refractivity contribution is 9.10. The molecule has 2 rings (SSSR count). The Bertz CT molecular complexity index is 366. The van der Waals surface area contributed by atoms with Crippen molar-refractivity contribution in [1.82, 2.24) is 4.98 Å². The minimum atomic E-state index is 0.0218. The lowest BCUT2D eigenvalue weighted by Gasteiger charge is -2.21. The van der Waals surface area contributed by atoms with Gasteiger partial charge in [-0.05, 0) is 40.9 Å². The minimum Gasteiger partial charge on any atom is -0.488 e. The van der Waals surface area contributed by atoms with Crippen LogP contribution in [-0.4, -0.2) is 11.1 Å². The lowest BCUT2D eigenvalue weighted by atomic mass is 9.91. The van der Waals surface area contributed by atoms with Crippen LogP contribution in [0.3, 0.4) is 0 Å². The molecule has 0 saturated heterocycles. The monoisotopic (exact) mass is 269 g/mol. The zero-order valence-corrected chi connectivity index (χ0v) is 11.0. The molecule has 0 radical (unpaired) electrons. The van der Waals surface area contributed by atoms with Gasteiger partial charge in [0.25, 0.3) is 0 Å². The van der Waals surface area contributed by atoms with Gasteiger partial charge < -0.3 is 4.74 Å². The Morgan fingerprint density at radius 1 is 1.33 bits per heavy atom. The Balaban J connectivity index is 2.34. The molecule has 0 aromatic carbocycles. The van der Waals surface area contributed by atoms with Crippen molar-refractivity contribution in [3.05, 3.63) is 22.4 Å². The van der Waals surface area contributed by atoms with Crippen LogP contribution in [0, 0.1) is 0 Å². The van der Waals surface area contributed by atoms with E-state index in [2.05, 4.69) is 41.7 Å². The second kappa shape index (κ2) is 3.78. The summed E-state index contributed by atoms with van der Waals surface area (Å²) >= 11 is 3.40. The average molecular weight is 270 g/mol. The number of nitrogens with zero attached hydrogens (tertiary/aromatic N) is 1. The van der Waals surface area contributed by atoms with Gasteiger partial charge in [-0.3, -0.25) is 0 Å². The van der Waals surface area contributed by atoms with Crippen LogP contribution in [0.5, 0.6) is 5.75 Å². The maximum atomic E-state index is 5.85. The molecule has 3 heteroatoms. The standard InChI is InChI=1S/C12H16BrNO/c1-12(2,3)11-9(15-8-4-5-8)6-7-10(13)14-11/h6-8H,4-5H2,1-3H3. The van der Waals surface area contributed by atoms with Gasteiger partial charge in [0.1, 0.15) is 10.4 Å². The van der Waals surface area contributed by atoms with Crippen LogP contribution < -0.4 is 4.74 Å². The number of hydrogen-bond acceptors (Lipinski definition) is 2. The first-order valence-corrected chi connectivity index (χ1v) is 6.10. The zero-order chi connectivity index (χ0) is 11.1. The van der Waals surface area contributed by atoms with E-state index in [1.165, 1.54) is 12.8 Å². The molecule has 2 nitrogen and oxygen atoms in total. The van der Waals surface area contributed by atoms with Crippen LogP contribution in [0.2, 0.25) is 0 Å². The van der Waals surface area contributed by atoms with Gasteiger partial charge in [-0.1, -0.05) is 20.8 Å². The molecule has 82 valence electrons. The van der Waals surface area contributed by atoms with Crippen molar-refractivity contribution in [2.45, 2.75) is 45.1 Å². The lowest BCUT2D eigenvalue weighted by molar-refractivity contribution is 0.292. The van der Waals surface area contributed by atoms with Gasteiger partial charge in [0.15, 0.2) is 0 Å². The van der Waals surface area contributed by atoms with Crippen LogP contribution in [0.25, 0.3) is 0 Å². The second-order valence-corrected chi connectivity index (χ2v) is 5.86. The molecule has 1 aliphatic rings. The number of pyridine rings is 1. The number of ether oxygens (including phenoxy) is 1. The summed E-state index contributed by atoms with van der Waals surface area (Å²) < 4.78 is 6.73. The summed E-state index contributed by atoms with van der Waals surface area (Å²) in [7, 11) is 0. The highest BCUT2D eigenvalue weighted by Gasteiger charge is 2.28. The van der Waals surface area contributed by atoms with E-state index < -0.39 is 0 Å². The molecular formula is C12H16BrNO. The van der Waals surface area contributed by atoms with Crippen LogP contribution >= 0.6 is 15.9 Å². The summed E-state index contributed by atoms with van der Waals surface area (Å²) in [6, 6.07) is 3.95. The molecule has 1 fully saturated rings. The Morgan fingerprint density at radius 2 is 2.00 bits per heavy atom. The number of aromatic nitrogens is 1. The van der Waals surface area contributed by atoms with Crippen LogP contribution in [0.4, 0.5) is 0 Å². The van der Waals surface area contributed by atoms with Gasteiger partial charge in [-0.25, -0.2) is 4.98 Å². The van der Waals surface area contributed by atoms with Crippen molar-refractivity contribution in [3.8, 4) is 5.75 Å². The Morgan fingerprint density at radius 3 is 2.53 bits per heavy atom. The molecule has 1 aliphatic carbocycles. The van der Waals surface area contributed by atoms with E-state index in [4.69, 9.17) is 4.74 Å². The molecule has 1 aromatic rings. The van der Waals surface area contributed by atoms with Crippen molar-refractivity contribution in [1.29, 1.82) is 0 Å². The smallest absolute Gasteiger partial charge is 0.141 e. The fourth-order valence-corrected chi connectivity index (χ4v) is 1.73. The fourth-order valence-electron chi connectivity index (χ4n) is 1.42. The molecule has 0 N–H and O–H groups in total. The molecule has 15 heavy (non-hydrogen) atoms. The molecular weight excluding hydrogens is 254 g/mol. The van der Waals surface area contributed by atoms with Gasteiger partial charge in [0, 0.05) is 5.41 Å². The zero-order valence-electron chi connectivity index (χ0n) is 9.38. The van der Waals surface area contributed by atoms with E-state index in [0.29, 0.717) is 6.10 Å². The van der Waals surface area contributed by atoms with Gasteiger partial charge in [-0.2, -0.15) is 0 Å². The van der Waals surface area contributed by atoms with Crippen LogP contribution in [0.1, 0.15) is 39.3 Å². The quantitative estimate of drug-likeness (QED) is 0.765. The minimum absolute atomic E-state index is 0.0218. The van der Waals surface area contributed by atoms with Gasteiger partial charge in [-0.15, -0.1) is 0 Å². The van der Waals surface area contributed by atoms with E-state index in [9.17, 15) is 0 Å². The Kier molecular flexibility index (Phi) is 2.75. The van der Waals surface area contributed by atoms with Crippen molar-refractivity contribution in [3.63, 3.8) is 0 Å². The normalized spacial score (nSPS) is 16.5. The first kappa shape index (κ1) is 10.9. The van der Waals surface area contributed by atoms with E-state index >= 15 is 0 Å². The third kappa shape index (κ3) is 2.71. The summed E-state index contributed by atoms with van der Waals surface area (Å²) in [6.07, 6.45) is 2.79. The molecule has 1 saturated carbocycles. The lowest BCUT2D eigenvalue weighted by Crippen LogP contribution is -2.16. The summed E-state index contributed by atoms with van der Waals surface area (Å²) in [6.45, 7) is 6.46. The summed E-state index contributed by atoms with van der Waals surface area (Å²) in [5, 5.41) is 0. The second-order valence-electron chi connectivity index (χ2n) is 5.05. The maximum Gasteiger partial charge on any atom is 0.141 e. The number of halogens is 1. The predicted molar refractivity (Wildman–Crippen MR) is 64.3 cm³/mol. The van der Waals surface area contributed by atoms with Gasteiger partial charge >= 0.3 is 0 Å². The summed E-state index contributed by atoms with van der Waals surface area (Å²) in [5.41, 5.74) is 1.05. The fraction of sp³-hybridized carbons (Fsp3) is 0.583. The molecule has 0 atom stereocenters. The topological polar surface area (TPSA) is 22.1 Å². The average Bonchev–Trinajstić information content (AvgIpc) is 2.90. The predicted octanol–water partition coefficient (Wildman–Crippen LogP) is 3.68. The van der Waals surface area contributed by atoms with Gasteiger partial charge in [0.05, 0.1) is 11.8 Å². The van der Waals surface area contributed by atoms with Crippen LogP contribution in [-0.2, 0) is 5.41 Å². The molecule has 0 bridgehead atoms. The van der Waals surface area contributed by atoms with Crippen molar-refractivity contribution in [2.75, 3.05) is 0 Å². The highest BCUT2D eigenvalue weighted by Crippen LogP contribution is 2.34. The van der Waals surface area contributed by atoms with Crippen molar-refractivity contribution in [2.24, 2.45) is 0 Å². The van der Waals surface area contributed by atoms with E-state index in [1.54, 1.807) is 0 Å². The summed E-state index contributed by atoms with van der Waals surface area (Å²) in [5.74, 6) is 0.938. The molecule has 0 spiro atoms.